The van der Waals surface area contributed by atoms with Crippen LogP contribution in [0.25, 0.3) is 0 Å². The Morgan fingerprint density at radius 1 is 0.897 bits per heavy atom. The molecule has 0 aromatic heterocycles. The number of hydrogen-bond acceptors (Lipinski definition) is 3. The van der Waals surface area contributed by atoms with Gasteiger partial charge in [-0.25, -0.2) is 0 Å². The fourth-order valence-electron chi connectivity index (χ4n) is 2.84. The number of rotatable bonds is 8. The summed E-state index contributed by atoms with van der Waals surface area (Å²) in [4.78, 5) is 0. The molecule has 0 fully saturated rings. The molecule has 29 heavy (non-hydrogen) atoms. The first-order valence-electron chi connectivity index (χ1n) is 9.28. The molecule has 0 aliphatic carbocycles. The lowest BCUT2D eigenvalue weighted by Gasteiger charge is -2.16. The molecule has 3 aromatic carbocycles. The van der Waals surface area contributed by atoms with Crippen molar-refractivity contribution in [3.63, 3.8) is 0 Å². The molecule has 0 spiro atoms. The lowest BCUT2D eigenvalue weighted by atomic mass is 10.1. The number of halogens is 3. The van der Waals surface area contributed by atoms with Gasteiger partial charge in [0.05, 0.1) is 11.1 Å². The zero-order valence-corrected chi connectivity index (χ0v) is 19.4. The predicted octanol–water partition coefficient (Wildman–Crippen LogP) is 7.65. The van der Waals surface area contributed by atoms with E-state index < -0.39 is 0 Å². The number of nitrogens with one attached hydrogen (secondary N) is 1. The number of anilines is 1. The third kappa shape index (κ3) is 6.05. The van der Waals surface area contributed by atoms with E-state index in [9.17, 15) is 0 Å². The Hall–Kier alpha value is -1.88. The molecule has 152 valence electrons. The van der Waals surface area contributed by atoms with E-state index in [-0.39, 0.29) is 0 Å². The Bertz CT molecular complexity index is 977. The fourth-order valence-corrected chi connectivity index (χ4v) is 3.75. The lowest BCUT2D eigenvalue weighted by molar-refractivity contribution is 0.267. The third-order valence-electron chi connectivity index (χ3n) is 4.35. The average molecular weight is 495 g/mol. The number of aryl methyl sites for hydroxylation is 1. The Morgan fingerprint density at radius 3 is 2.34 bits per heavy atom. The number of benzene rings is 3. The minimum absolute atomic E-state index is 0.426. The number of hydrogen-bond donors (Lipinski definition) is 1. The van der Waals surface area contributed by atoms with Crippen molar-refractivity contribution in [3.05, 3.63) is 85.8 Å². The SMILES string of the molecule is CCOc1cc(CNc2cc(Cl)ccc2C)cc(Br)c1OCc1ccc(Cl)cc1. The van der Waals surface area contributed by atoms with Crippen LogP contribution in [-0.2, 0) is 13.2 Å². The van der Waals surface area contributed by atoms with Gasteiger partial charge in [0, 0.05) is 22.3 Å². The van der Waals surface area contributed by atoms with Gasteiger partial charge in [0.25, 0.3) is 0 Å². The quantitative estimate of drug-likeness (QED) is 0.348. The highest BCUT2D eigenvalue weighted by Gasteiger charge is 2.13. The molecule has 0 unspecified atom stereocenters. The minimum atomic E-state index is 0.426. The first kappa shape index (κ1) is 21.8. The van der Waals surface area contributed by atoms with Crippen molar-refractivity contribution < 1.29 is 9.47 Å². The summed E-state index contributed by atoms with van der Waals surface area (Å²) in [6.45, 7) is 5.62. The molecule has 1 N–H and O–H groups in total. The second-order valence-electron chi connectivity index (χ2n) is 6.57. The van der Waals surface area contributed by atoms with Crippen LogP contribution in [-0.4, -0.2) is 6.61 Å². The Balaban J connectivity index is 1.76. The van der Waals surface area contributed by atoms with Crippen molar-refractivity contribution in [2.75, 3.05) is 11.9 Å². The number of ether oxygens (including phenoxy) is 2. The zero-order chi connectivity index (χ0) is 20.8. The van der Waals surface area contributed by atoms with Crippen molar-refractivity contribution in [1.29, 1.82) is 0 Å². The van der Waals surface area contributed by atoms with E-state index >= 15 is 0 Å². The van der Waals surface area contributed by atoms with Gasteiger partial charge < -0.3 is 14.8 Å². The van der Waals surface area contributed by atoms with Crippen LogP contribution in [0.1, 0.15) is 23.6 Å². The highest BCUT2D eigenvalue weighted by molar-refractivity contribution is 9.10. The summed E-state index contributed by atoms with van der Waals surface area (Å²) >= 11 is 15.7. The normalized spacial score (nSPS) is 10.7. The monoisotopic (exact) mass is 493 g/mol. The lowest BCUT2D eigenvalue weighted by Crippen LogP contribution is -2.04. The summed E-state index contributed by atoms with van der Waals surface area (Å²) in [5.41, 5.74) is 4.25. The van der Waals surface area contributed by atoms with Gasteiger partial charge in [-0.2, -0.15) is 0 Å². The highest BCUT2D eigenvalue weighted by Crippen LogP contribution is 2.38. The van der Waals surface area contributed by atoms with Crippen LogP contribution in [0.5, 0.6) is 11.5 Å². The van der Waals surface area contributed by atoms with E-state index in [2.05, 4.69) is 21.2 Å². The van der Waals surface area contributed by atoms with Crippen molar-refractivity contribution in [2.24, 2.45) is 0 Å². The molecular weight excluding hydrogens is 473 g/mol. The molecule has 0 atom stereocenters. The first-order valence-corrected chi connectivity index (χ1v) is 10.8. The molecular formula is C23H22BrCl2NO2. The molecule has 0 saturated heterocycles. The molecule has 0 heterocycles. The topological polar surface area (TPSA) is 30.5 Å². The van der Waals surface area contributed by atoms with Crippen LogP contribution in [0.4, 0.5) is 5.69 Å². The van der Waals surface area contributed by atoms with Crippen molar-refractivity contribution in [1.82, 2.24) is 0 Å². The summed E-state index contributed by atoms with van der Waals surface area (Å²) in [6.07, 6.45) is 0. The molecule has 0 saturated carbocycles. The summed E-state index contributed by atoms with van der Waals surface area (Å²) in [6, 6.07) is 17.4. The molecule has 0 radical (unpaired) electrons. The second kappa shape index (κ2) is 10.2. The van der Waals surface area contributed by atoms with Gasteiger partial charge in [0.2, 0.25) is 0 Å². The fraction of sp³-hybridized carbons (Fsp3) is 0.217. The van der Waals surface area contributed by atoms with Gasteiger partial charge in [0.1, 0.15) is 6.61 Å². The van der Waals surface area contributed by atoms with Crippen molar-refractivity contribution in [3.8, 4) is 11.5 Å². The van der Waals surface area contributed by atoms with Crippen LogP contribution >= 0.6 is 39.1 Å². The molecule has 6 heteroatoms. The molecule has 3 nitrogen and oxygen atoms in total. The molecule has 0 aliphatic rings. The van der Waals surface area contributed by atoms with Gasteiger partial charge in [-0.15, -0.1) is 0 Å². The van der Waals surface area contributed by atoms with E-state index in [1.165, 1.54) is 0 Å². The molecule has 0 aliphatic heterocycles. The van der Waals surface area contributed by atoms with E-state index in [0.717, 1.165) is 26.9 Å². The minimum Gasteiger partial charge on any atom is -0.490 e. The summed E-state index contributed by atoms with van der Waals surface area (Å²) < 4.78 is 12.7. The van der Waals surface area contributed by atoms with Crippen LogP contribution < -0.4 is 14.8 Å². The third-order valence-corrected chi connectivity index (χ3v) is 5.42. The van der Waals surface area contributed by atoms with Crippen LogP contribution in [0.3, 0.4) is 0 Å². The standard InChI is InChI=1S/C23H22BrCl2NO2/c1-3-28-22-11-17(13-27-21-12-19(26)7-4-15(21)2)10-20(24)23(22)29-14-16-5-8-18(25)9-6-16/h4-12,27H,3,13-14H2,1-2H3. The Labute approximate surface area is 190 Å². The summed E-state index contributed by atoms with van der Waals surface area (Å²) in [5.74, 6) is 1.39. The van der Waals surface area contributed by atoms with Crippen molar-refractivity contribution >= 4 is 44.8 Å². The van der Waals surface area contributed by atoms with Gasteiger partial charge in [-0.3, -0.25) is 0 Å². The predicted molar refractivity (Wildman–Crippen MR) is 125 cm³/mol. The maximum absolute atomic E-state index is 6.11. The van der Waals surface area contributed by atoms with E-state index in [0.29, 0.717) is 41.3 Å². The first-order chi connectivity index (χ1) is 14.0. The smallest absolute Gasteiger partial charge is 0.175 e. The second-order valence-corrected chi connectivity index (χ2v) is 8.29. The summed E-state index contributed by atoms with van der Waals surface area (Å²) in [7, 11) is 0. The van der Waals surface area contributed by atoms with Crippen LogP contribution in [0.2, 0.25) is 10.0 Å². The molecule has 0 amide bonds. The average Bonchev–Trinajstić information content (AvgIpc) is 2.69. The Kier molecular flexibility index (Phi) is 7.70. The van der Waals surface area contributed by atoms with E-state index in [1.54, 1.807) is 0 Å². The van der Waals surface area contributed by atoms with Gasteiger partial charge in [-0.05, 0) is 82.9 Å². The molecule has 3 aromatic rings. The van der Waals surface area contributed by atoms with Gasteiger partial charge in [0.15, 0.2) is 11.5 Å². The Morgan fingerprint density at radius 2 is 1.62 bits per heavy atom. The largest absolute Gasteiger partial charge is 0.490 e. The van der Waals surface area contributed by atoms with E-state index in [4.69, 9.17) is 32.7 Å². The van der Waals surface area contributed by atoms with Crippen LogP contribution in [0.15, 0.2) is 59.1 Å². The van der Waals surface area contributed by atoms with Gasteiger partial charge >= 0.3 is 0 Å². The molecule has 3 rings (SSSR count). The maximum atomic E-state index is 6.11. The zero-order valence-electron chi connectivity index (χ0n) is 16.3. The van der Waals surface area contributed by atoms with Crippen molar-refractivity contribution in [2.45, 2.75) is 27.0 Å². The van der Waals surface area contributed by atoms with Crippen LogP contribution in [0, 0.1) is 6.92 Å². The molecule has 0 bridgehead atoms. The maximum Gasteiger partial charge on any atom is 0.175 e. The van der Waals surface area contributed by atoms with E-state index in [1.807, 2.05) is 68.4 Å². The van der Waals surface area contributed by atoms with Gasteiger partial charge in [-0.1, -0.05) is 41.4 Å². The highest BCUT2D eigenvalue weighted by atomic mass is 79.9. The summed E-state index contributed by atoms with van der Waals surface area (Å²) in [5, 5.41) is 4.85.